The fourth-order valence-electron chi connectivity index (χ4n) is 1.89. The molecular formula is C14H19ClO. The van der Waals surface area contributed by atoms with Crippen LogP contribution in [0, 0.1) is 18.8 Å². The highest BCUT2D eigenvalue weighted by Crippen LogP contribution is 2.19. The molecule has 1 atom stereocenters. The Morgan fingerprint density at radius 2 is 1.94 bits per heavy atom. The van der Waals surface area contributed by atoms with Crippen molar-refractivity contribution >= 4 is 17.4 Å². The highest BCUT2D eigenvalue weighted by atomic mass is 35.5. The smallest absolute Gasteiger partial charge is 0.138 e. The van der Waals surface area contributed by atoms with Crippen LogP contribution in [0.5, 0.6) is 0 Å². The lowest BCUT2D eigenvalue weighted by molar-refractivity contribution is -0.125. The van der Waals surface area contributed by atoms with Crippen LogP contribution in [0.1, 0.15) is 31.9 Å². The monoisotopic (exact) mass is 238 g/mol. The van der Waals surface area contributed by atoms with Crippen LogP contribution in [0.25, 0.3) is 0 Å². The van der Waals surface area contributed by atoms with Gasteiger partial charge in [0.2, 0.25) is 0 Å². The van der Waals surface area contributed by atoms with E-state index in [1.54, 1.807) is 0 Å². The molecule has 0 N–H and O–H groups in total. The summed E-state index contributed by atoms with van der Waals surface area (Å²) in [5.41, 5.74) is 2.38. The number of ketones is 1. The zero-order chi connectivity index (χ0) is 12.3. The van der Waals surface area contributed by atoms with Crippen molar-refractivity contribution in [2.75, 3.05) is 0 Å². The van der Waals surface area contributed by atoms with Gasteiger partial charge in [0.15, 0.2) is 0 Å². The first-order valence-corrected chi connectivity index (χ1v) is 6.08. The van der Waals surface area contributed by atoms with E-state index in [9.17, 15) is 4.79 Å². The lowest BCUT2D eigenvalue weighted by Gasteiger charge is -2.14. The summed E-state index contributed by atoms with van der Waals surface area (Å²) in [6.45, 7) is 7.94. The van der Waals surface area contributed by atoms with Gasteiger partial charge in [0.25, 0.3) is 0 Å². The molecule has 1 nitrogen and oxygen atoms in total. The number of hydrogen-bond acceptors (Lipinski definition) is 1. The molecule has 0 aromatic heterocycles. The summed E-state index contributed by atoms with van der Waals surface area (Å²) in [7, 11) is 0. The van der Waals surface area contributed by atoms with Crippen LogP contribution in [-0.4, -0.2) is 5.78 Å². The first-order valence-electron chi connectivity index (χ1n) is 5.70. The molecule has 2 heteroatoms. The Balaban J connectivity index is 2.77. The maximum absolute atomic E-state index is 11.8. The van der Waals surface area contributed by atoms with E-state index in [0.29, 0.717) is 5.78 Å². The lowest BCUT2D eigenvalue weighted by Crippen LogP contribution is -2.19. The minimum atomic E-state index is 0.0832. The van der Waals surface area contributed by atoms with Crippen LogP contribution in [0.2, 0.25) is 5.02 Å². The van der Waals surface area contributed by atoms with E-state index in [2.05, 4.69) is 0 Å². The summed E-state index contributed by atoms with van der Waals surface area (Å²) in [5.74, 6) is 0.525. The normalized spacial score (nSPS) is 12.9. The number of halogens is 1. The number of carbonyl (C=O) groups is 1. The quantitative estimate of drug-likeness (QED) is 0.774. The summed E-state index contributed by atoms with van der Waals surface area (Å²) in [5, 5.41) is 0.754. The van der Waals surface area contributed by atoms with Crippen molar-refractivity contribution in [1.82, 2.24) is 0 Å². The molecule has 1 rings (SSSR count). The van der Waals surface area contributed by atoms with E-state index < -0.39 is 0 Å². The van der Waals surface area contributed by atoms with Crippen LogP contribution in [0.3, 0.4) is 0 Å². The molecule has 88 valence electrons. The van der Waals surface area contributed by atoms with Gasteiger partial charge in [-0.25, -0.2) is 0 Å². The molecule has 16 heavy (non-hydrogen) atoms. The summed E-state index contributed by atoms with van der Waals surface area (Å²) >= 11 is 5.90. The number of aryl methyl sites for hydroxylation is 1. The largest absolute Gasteiger partial charge is 0.299 e. The third-order valence-electron chi connectivity index (χ3n) is 2.89. The molecule has 0 radical (unpaired) electrons. The van der Waals surface area contributed by atoms with Crippen molar-refractivity contribution < 1.29 is 4.79 Å². The Kier molecular flexibility index (Phi) is 4.55. The molecule has 1 unspecified atom stereocenters. The molecule has 0 amide bonds. The molecule has 0 spiro atoms. The average molecular weight is 239 g/mol. The van der Waals surface area contributed by atoms with Crippen molar-refractivity contribution in [2.24, 2.45) is 11.8 Å². The number of hydrogen-bond donors (Lipinski definition) is 0. The molecule has 0 aliphatic carbocycles. The Morgan fingerprint density at radius 3 is 2.44 bits per heavy atom. The Labute approximate surface area is 103 Å². The van der Waals surface area contributed by atoms with Crippen LogP contribution in [0.4, 0.5) is 0 Å². The molecular weight excluding hydrogens is 220 g/mol. The van der Waals surface area contributed by atoms with E-state index in [1.807, 2.05) is 45.9 Å². The SMILES string of the molecule is Cc1cc(Cl)ccc1CC(C)C(=O)C(C)C. The van der Waals surface area contributed by atoms with E-state index in [0.717, 1.165) is 17.0 Å². The topological polar surface area (TPSA) is 17.1 Å². The first kappa shape index (κ1) is 13.2. The number of benzene rings is 1. The standard InChI is InChI=1S/C14H19ClO/c1-9(2)14(16)11(4)7-12-5-6-13(15)8-10(12)3/h5-6,8-9,11H,7H2,1-4H3. The van der Waals surface area contributed by atoms with Crippen molar-refractivity contribution in [3.8, 4) is 0 Å². The van der Waals surface area contributed by atoms with Gasteiger partial charge in [-0.2, -0.15) is 0 Å². The summed E-state index contributed by atoms with van der Waals surface area (Å²) in [4.78, 5) is 11.8. The maximum Gasteiger partial charge on any atom is 0.138 e. The molecule has 0 heterocycles. The lowest BCUT2D eigenvalue weighted by atomic mass is 9.90. The average Bonchev–Trinajstić information content (AvgIpc) is 2.20. The molecule has 0 fully saturated rings. The molecule has 1 aromatic carbocycles. The van der Waals surface area contributed by atoms with Crippen molar-refractivity contribution in [1.29, 1.82) is 0 Å². The number of rotatable bonds is 4. The first-order chi connectivity index (χ1) is 7.41. The van der Waals surface area contributed by atoms with Gasteiger partial charge in [-0.1, -0.05) is 38.4 Å². The summed E-state index contributed by atoms with van der Waals surface area (Å²) < 4.78 is 0. The van der Waals surface area contributed by atoms with Gasteiger partial charge in [-0.15, -0.1) is 0 Å². The Bertz CT molecular complexity index is 382. The molecule has 0 aliphatic rings. The van der Waals surface area contributed by atoms with Crippen LogP contribution in [-0.2, 0) is 11.2 Å². The highest BCUT2D eigenvalue weighted by Gasteiger charge is 2.17. The van der Waals surface area contributed by atoms with Gasteiger partial charge in [-0.05, 0) is 36.6 Å². The predicted octanol–water partition coefficient (Wildman–Crippen LogP) is 4.05. The third-order valence-corrected chi connectivity index (χ3v) is 3.12. The maximum atomic E-state index is 11.8. The van der Waals surface area contributed by atoms with Crippen LogP contribution < -0.4 is 0 Å². The minimum absolute atomic E-state index is 0.0832. The van der Waals surface area contributed by atoms with E-state index in [-0.39, 0.29) is 11.8 Å². The van der Waals surface area contributed by atoms with Gasteiger partial charge in [0.1, 0.15) is 5.78 Å². The van der Waals surface area contributed by atoms with Crippen molar-refractivity contribution in [3.05, 3.63) is 34.3 Å². The second-order valence-corrected chi connectivity index (χ2v) is 5.17. The van der Waals surface area contributed by atoms with Crippen molar-refractivity contribution in [3.63, 3.8) is 0 Å². The fourth-order valence-corrected chi connectivity index (χ4v) is 2.11. The Morgan fingerprint density at radius 1 is 1.31 bits per heavy atom. The zero-order valence-corrected chi connectivity index (χ0v) is 11.1. The van der Waals surface area contributed by atoms with Crippen LogP contribution in [0.15, 0.2) is 18.2 Å². The molecule has 0 aliphatic heterocycles. The Hall–Kier alpha value is -0.820. The van der Waals surface area contributed by atoms with Crippen molar-refractivity contribution in [2.45, 2.75) is 34.1 Å². The van der Waals surface area contributed by atoms with Gasteiger partial charge in [-0.3, -0.25) is 4.79 Å². The summed E-state index contributed by atoms with van der Waals surface area (Å²) in [6.07, 6.45) is 0.806. The molecule has 0 saturated heterocycles. The zero-order valence-electron chi connectivity index (χ0n) is 10.4. The second-order valence-electron chi connectivity index (χ2n) is 4.73. The van der Waals surface area contributed by atoms with E-state index >= 15 is 0 Å². The van der Waals surface area contributed by atoms with E-state index in [4.69, 9.17) is 11.6 Å². The third kappa shape index (κ3) is 3.34. The minimum Gasteiger partial charge on any atom is -0.299 e. The predicted molar refractivity (Wildman–Crippen MR) is 68.9 cm³/mol. The molecule has 0 bridgehead atoms. The highest BCUT2D eigenvalue weighted by molar-refractivity contribution is 6.30. The molecule has 0 saturated carbocycles. The van der Waals surface area contributed by atoms with Gasteiger partial charge < -0.3 is 0 Å². The van der Waals surface area contributed by atoms with Gasteiger partial charge in [0.05, 0.1) is 0 Å². The van der Waals surface area contributed by atoms with Gasteiger partial charge >= 0.3 is 0 Å². The second kappa shape index (κ2) is 5.49. The number of Topliss-reactive ketones (excluding diaryl/α,β-unsaturated/α-hetero) is 1. The molecule has 1 aromatic rings. The van der Waals surface area contributed by atoms with Gasteiger partial charge in [0, 0.05) is 16.9 Å². The van der Waals surface area contributed by atoms with Crippen LogP contribution >= 0.6 is 11.6 Å². The summed E-state index contributed by atoms with van der Waals surface area (Å²) in [6, 6.07) is 5.85. The number of carbonyl (C=O) groups excluding carboxylic acids is 1. The fraction of sp³-hybridized carbons (Fsp3) is 0.500. The van der Waals surface area contributed by atoms with E-state index in [1.165, 1.54) is 5.56 Å².